The van der Waals surface area contributed by atoms with Crippen LogP contribution < -0.4 is 14.8 Å². The molecule has 0 aliphatic heterocycles. The second-order valence-corrected chi connectivity index (χ2v) is 5.78. The van der Waals surface area contributed by atoms with Crippen LogP contribution in [0.4, 0.5) is 0 Å². The maximum atomic E-state index is 12.2. The van der Waals surface area contributed by atoms with Gasteiger partial charge in [-0.05, 0) is 39.5 Å². The van der Waals surface area contributed by atoms with E-state index in [4.69, 9.17) is 9.47 Å². The van der Waals surface area contributed by atoms with Gasteiger partial charge in [-0.15, -0.1) is 11.3 Å². The van der Waals surface area contributed by atoms with E-state index >= 15 is 0 Å². The topological polar surface area (TPSA) is 47.6 Å². The Labute approximate surface area is 129 Å². The first kappa shape index (κ1) is 14.9. The maximum absolute atomic E-state index is 12.2. The first-order chi connectivity index (χ1) is 9.65. The average Bonchev–Trinajstić information content (AvgIpc) is 2.98. The molecule has 0 fully saturated rings. The van der Waals surface area contributed by atoms with Crippen LogP contribution in [-0.4, -0.2) is 20.1 Å². The molecule has 0 bridgehead atoms. The van der Waals surface area contributed by atoms with E-state index in [1.807, 2.05) is 17.5 Å². The summed E-state index contributed by atoms with van der Waals surface area (Å²) in [6.45, 7) is 0.511. The Morgan fingerprint density at radius 3 is 2.45 bits per heavy atom. The molecule has 106 valence electrons. The normalized spacial score (nSPS) is 10.2. The SMILES string of the molecule is COc1cc(C(=O)NCc2cccs2)cc(OC)c1Br. The molecule has 1 aromatic heterocycles. The van der Waals surface area contributed by atoms with Gasteiger partial charge >= 0.3 is 0 Å². The minimum absolute atomic E-state index is 0.164. The minimum Gasteiger partial charge on any atom is -0.495 e. The van der Waals surface area contributed by atoms with E-state index in [1.54, 1.807) is 37.7 Å². The molecule has 0 radical (unpaired) electrons. The summed E-state index contributed by atoms with van der Waals surface area (Å²) in [7, 11) is 3.10. The van der Waals surface area contributed by atoms with Gasteiger partial charge < -0.3 is 14.8 Å². The third-order valence-electron chi connectivity index (χ3n) is 2.71. The number of benzene rings is 1. The van der Waals surface area contributed by atoms with Gasteiger partial charge in [-0.3, -0.25) is 4.79 Å². The van der Waals surface area contributed by atoms with Gasteiger partial charge in [-0.1, -0.05) is 6.07 Å². The number of carbonyl (C=O) groups is 1. The Morgan fingerprint density at radius 2 is 1.95 bits per heavy atom. The lowest BCUT2D eigenvalue weighted by atomic mass is 10.2. The van der Waals surface area contributed by atoms with Gasteiger partial charge in [0.1, 0.15) is 16.0 Å². The van der Waals surface area contributed by atoms with E-state index < -0.39 is 0 Å². The average molecular weight is 356 g/mol. The highest BCUT2D eigenvalue weighted by atomic mass is 79.9. The summed E-state index contributed by atoms with van der Waals surface area (Å²) in [5.74, 6) is 0.957. The zero-order valence-corrected chi connectivity index (χ0v) is 13.5. The molecule has 0 spiro atoms. The quantitative estimate of drug-likeness (QED) is 0.893. The number of hydrogen-bond acceptors (Lipinski definition) is 4. The van der Waals surface area contributed by atoms with Crippen LogP contribution in [0.25, 0.3) is 0 Å². The van der Waals surface area contributed by atoms with Crippen molar-refractivity contribution in [3.8, 4) is 11.5 Å². The van der Waals surface area contributed by atoms with Gasteiger partial charge in [0.25, 0.3) is 5.91 Å². The van der Waals surface area contributed by atoms with Gasteiger partial charge in [0.05, 0.1) is 20.8 Å². The van der Waals surface area contributed by atoms with Crippen molar-refractivity contribution in [3.63, 3.8) is 0 Å². The Morgan fingerprint density at radius 1 is 1.30 bits per heavy atom. The largest absolute Gasteiger partial charge is 0.495 e. The van der Waals surface area contributed by atoms with Crippen molar-refractivity contribution in [2.75, 3.05) is 14.2 Å². The lowest BCUT2D eigenvalue weighted by Crippen LogP contribution is -2.22. The zero-order chi connectivity index (χ0) is 14.5. The number of halogens is 1. The van der Waals surface area contributed by atoms with Gasteiger partial charge in [-0.2, -0.15) is 0 Å². The van der Waals surface area contributed by atoms with Gasteiger partial charge in [-0.25, -0.2) is 0 Å². The molecule has 0 aliphatic carbocycles. The minimum atomic E-state index is -0.164. The zero-order valence-electron chi connectivity index (χ0n) is 11.1. The van der Waals surface area contributed by atoms with Gasteiger partial charge in [0.15, 0.2) is 0 Å². The molecule has 0 saturated carbocycles. The van der Waals surface area contributed by atoms with Gasteiger partial charge in [0.2, 0.25) is 0 Å². The van der Waals surface area contributed by atoms with Crippen LogP contribution in [0.1, 0.15) is 15.2 Å². The first-order valence-electron chi connectivity index (χ1n) is 5.87. The summed E-state index contributed by atoms with van der Waals surface area (Å²) in [5, 5.41) is 4.85. The summed E-state index contributed by atoms with van der Waals surface area (Å²) in [5.41, 5.74) is 0.499. The second-order valence-electron chi connectivity index (χ2n) is 3.96. The molecule has 1 N–H and O–H groups in total. The summed E-state index contributed by atoms with van der Waals surface area (Å²) in [6, 6.07) is 7.29. The number of carbonyl (C=O) groups excluding carboxylic acids is 1. The van der Waals surface area contributed by atoms with Crippen LogP contribution >= 0.6 is 27.3 Å². The van der Waals surface area contributed by atoms with Crippen LogP contribution in [0.2, 0.25) is 0 Å². The van der Waals surface area contributed by atoms with Crippen molar-refractivity contribution in [2.45, 2.75) is 6.54 Å². The van der Waals surface area contributed by atoms with Crippen molar-refractivity contribution >= 4 is 33.2 Å². The third kappa shape index (κ3) is 3.32. The van der Waals surface area contributed by atoms with Crippen LogP contribution in [-0.2, 0) is 6.54 Å². The maximum Gasteiger partial charge on any atom is 0.251 e. The van der Waals surface area contributed by atoms with E-state index in [0.717, 1.165) is 4.88 Å². The first-order valence-corrected chi connectivity index (χ1v) is 7.55. The number of ether oxygens (including phenoxy) is 2. The lowest BCUT2D eigenvalue weighted by molar-refractivity contribution is 0.0950. The van der Waals surface area contributed by atoms with Crippen LogP contribution in [0.15, 0.2) is 34.1 Å². The van der Waals surface area contributed by atoms with E-state index in [0.29, 0.717) is 28.1 Å². The fraction of sp³-hybridized carbons (Fsp3) is 0.214. The highest BCUT2D eigenvalue weighted by Crippen LogP contribution is 2.35. The van der Waals surface area contributed by atoms with Crippen LogP contribution in [0.5, 0.6) is 11.5 Å². The third-order valence-corrected chi connectivity index (χ3v) is 4.37. The summed E-state index contributed by atoms with van der Waals surface area (Å²) in [4.78, 5) is 13.3. The molecule has 0 atom stereocenters. The van der Waals surface area contributed by atoms with Crippen molar-refractivity contribution < 1.29 is 14.3 Å². The highest BCUT2D eigenvalue weighted by molar-refractivity contribution is 9.10. The number of thiophene rings is 1. The molecule has 1 aromatic carbocycles. The van der Waals surface area contributed by atoms with E-state index in [1.165, 1.54) is 0 Å². The van der Waals surface area contributed by atoms with Crippen LogP contribution in [0, 0.1) is 0 Å². The standard InChI is InChI=1S/C14H14BrNO3S/c1-18-11-6-9(7-12(19-2)13(11)15)14(17)16-8-10-4-3-5-20-10/h3-7H,8H2,1-2H3,(H,16,17). The molecule has 20 heavy (non-hydrogen) atoms. The van der Waals surface area contributed by atoms with Crippen molar-refractivity contribution in [1.82, 2.24) is 5.32 Å². The molecule has 6 heteroatoms. The number of nitrogens with one attached hydrogen (secondary N) is 1. The Kier molecular flexibility index (Phi) is 5.03. The number of hydrogen-bond donors (Lipinski definition) is 1. The summed E-state index contributed by atoms with van der Waals surface area (Å²) >= 11 is 4.98. The predicted molar refractivity (Wildman–Crippen MR) is 82.7 cm³/mol. The van der Waals surface area contributed by atoms with Crippen molar-refractivity contribution in [2.24, 2.45) is 0 Å². The Bertz CT molecular complexity index is 573. The Balaban J connectivity index is 2.16. The predicted octanol–water partition coefficient (Wildman–Crippen LogP) is 3.46. The molecule has 2 aromatic rings. The molecule has 4 nitrogen and oxygen atoms in total. The molecular weight excluding hydrogens is 342 g/mol. The van der Waals surface area contributed by atoms with Gasteiger partial charge in [0, 0.05) is 10.4 Å². The summed E-state index contributed by atoms with van der Waals surface area (Å²) < 4.78 is 11.1. The van der Waals surface area contributed by atoms with Crippen molar-refractivity contribution in [1.29, 1.82) is 0 Å². The van der Waals surface area contributed by atoms with E-state index in [-0.39, 0.29) is 5.91 Å². The Hall–Kier alpha value is -1.53. The monoisotopic (exact) mass is 355 g/mol. The number of methoxy groups -OCH3 is 2. The fourth-order valence-corrected chi connectivity index (χ4v) is 2.88. The van der Waals surface area contributed by atoms with Crippen LogP contribution in [0.3, 0.4) is 0 Å². The molecule has 2 rings (SSSR count). The van der Waals surface area contributed by atoms with Crippen molar-refractivity contribution in [3.05, 3.63) is 44.6 Å². The van der Waals surface area contributed by atoms with E-state index in [9.17, 15) is 4.79 Å². The molecular formula is C14H14BrNO3S. The lowest BCUT2D eigenvalue weighted by Gasteiger charge is -2.11. The molecule has 1 heterocycles. The molecule has 1 amide bonds. The number of amides is 1. The highest BCUT2D eigenvalue weighted by Gasteiger charge is 2.14. The fourth-order valence-electron chi connectivity index (χ4n) is 1.68. The van der Waals surface area contributed by atoms with E-state index in [2.05, 4.69) is 21.2 Å². The smallest absolute Gasteiger partial charge is 0.251 e. The molecule has 0 unspecified atom stereocenters. The molecule has 0 saturated heterocycles. The summed E-state index contributed by atoms with van der Waals surface area (Å²) in [6.07, 6.45) is 0. The number of rotatable bonds is 5. The molecule has 0 aliphatic rings. The second kappa shape index (κ2) is 6.76.